The molecule has 2 aliphatic heterocycles. The number of nitrogens with zero attached hydrogens (tertiary/aromatic N) is 3. The molecule has 2 atom stereocenters. The number of fused-ring (bicyclic) bond motifs is 1. The molecule has 1 fully saturated rings. The summed E-state index contributed by atoms with van der Waals surface area (Å²) < 4.78 is 0. The molecule has 2 heterocycles. The van der Waals surface area contributed by atoms with Gasteiger partial charge in [0.1, 0.15) is 0 Å². The zero-order chi connectivity index (χ0) is 15.6. The molecule has 21 heavy (non-hydrogen) atoms. The molecule has 2 rings (SSSR count). The first kappa shape index (κ1) is 15.6. The number of urea groups is 1. The number of thioether (sulfide) groups is 1. The number of unbranched alkanes of at least 4 members (excludes halogenated alkanes) is 1. The smallest absolute Gasteiger partial charge is 0.325 e. The largest absolute Gasteiger partial charge is 0.481 e. The predicted octanol–water partition coefficient (Wildman–Crippen LogP) is 0.152. The second-order valence-corrected chi connectivity index (χ2v) is 5.85. The molecule has 1 saturated heterocycles. The molecule has 0 spiro atoms. The summed E-state index contributed by atoms with van der Waals surface area (Å²) in [5.74, 6) is -1.45. The Hall–Kier alpha value is -1.77. The molecule has 0 radical (unpaired) electrons. The number of likely N-dealkylation sites (N-methyl/N-ethyl adjacent to an activating group) is 1. The van der Waals surface area contributed by atoms with Gasteiger partial charge in [-0.15, -0.1) is 0 Å². The van der Waals surface area contributed by atoms with Crippen LogP contribution in [0.3, 0.4) is 0 Å². The Morgan fingerprint density at radius 1 is 1.48 bits per heavy atom. The van der Waals surface area contributed by atoms with Crippen LogP contribution in [0.25, 0.3) is 0 Å². The van der Waals surface area contributed by atoms with E-state index in [1.165, 1.54) is 4.90 Å². The van der Waals surface area contributed by atoms with Crippen LogP contribution in [0, 0.1) is 0 Å². The highest BCUT2D eigenvalue weighted by Crippen LogP contribution is 2.28. The van der Waals surface area contributed by atoms with Crippen molar-refractivity contribution in [2.24, 2.45) is 4.99 Å². The van der Waals surface area contributed by atoms with E-state index in [9.17, 15) is 14.4 Å². The monoisotopic (exact) mass is 314 g/mol. The molecule has 0 saturated carbocycles. The number of hydrogen-bond acceptors (Lipinski definition) is 6. The number of carboxylic acids is 1. The number of nitrogens with one attached hydrogen (secondary N) is 1. The Morgan fingerprint density at radius 3 is 2.81 bits per heavy atom. The molecule has 0 aliphatic carbocycles. The average Bonchev–Trinajstić information content (AvgIpc) is 2.79. The fourth-order valence-corrected chi connectivity index (χ4v) is 3.12. The maximum Gasteiger partial charge on any atom is 0.325 e. The van der Waals surface area contributed by atoms with E-state index in [1.807, 2.05) is 6.92 Å². The third-order valence-electron chi connectivity index (χ3n) is 3.40. The second-order valence-electron chi connectivity index (χ2n) is 4.90. The Balaban J connectivity index is 2.22. The van der Waals surface area contributed by atoms with E-state index in [4.69, 9.17) is 5.11 Å². The maximum atomic E-state index is 12.1. The van der Waals surface area contributed by atoms with Gasteiger partial charge in [-0.25, -0.2) is 9.79 Å². The number of hydrogen-bond donors (Lipinski definition) is 2. The van der Waals surface area contributed by atoms with Crippen molar-refractivity contribution >= 4 is 34.8 Å². The van der Waals surface area contributed by atoms with Crippen molar-refractivity contribution in [1.29, 1.82) is 0 Å². The van der Waals surface area contributed by atoms with Crippen molar-refractivity contribution in [2.75, 3.05) is 19.3 Å². The van der Waals surface area contributed by atoms with Crippen molar-refractivity contribution in [3.8, 4) is 0 Å². The van der Waals surface area contributed by atoms with Crippen LogP contribution >= 0.6 is 11.8 Å². The lowest BCUT2D eigenvalue weighted by Gasteiger charge is -2.36. The lowest BCUT2D eigenvalue weighted by molar-refractivity contribution is -0.134. The minimum atomic E-state index is -0.943. The van der Waals surface area contributed by atoms with E-state index in [0.29, 0.717) is 11.7 Å². The molecular weight excluding hydrogens is 296 g/mol. The van der Waals surface area contributed by atoms with E-state index in [2.05, 4.69) is 10.3 Å². The first-order valence-electron chi connectivity index (χ1n) is 6.72. The van der Waals surface area contributed by atoms with E-state index < -0.39 is 24.2 Å². The topological polar surface area (TPSA) is 102 Å². The lowest BCUT2D eigenvalue weighted by atomic mass is 10.1. The number of aliphatic carboxylic acids is 1. The Labute approximate surface area is 126 Å². The van der Waals surface area contributed by atoms with Gasteiger partial charge in [0, 0.05) is 13.6 Å². The number of amidine groups is 1. The van der Waals surface area contributed by atoms with Gasteiger partial charge in [0.2, 0.25) is 0 Å². The molecule has 0 aromatic rings. The molecule has 0 aromatic carbocycles. The van der Waals surface area contributed by atoms with Crippen LogP contribution in [-0.4, -0.2) is 69.5 Å². The van der Waals surface area contributed by atoms with Crippen LogP contribution in [0.2, 0.25) is 0 Å². The van der Waals surface area contributed by atoms with Gasteiger partial charge in [0.15, 0.2) is 17.4 Å². The van der Waals surface area contributed by atoms with Gasteiger partial charge in [-0.1, -0.05) is 25.1 Å². The van der Waals surface area contributed by atoms with Gasteiger partial charge in [-0.2, -0.15) is 0 Å². The summed E-state index contributed by atoms with van der Waals surface area (Å²) in [5.41, 5.74) is 0. The summed E-state index contributed by atoms with van der Waals surface area (Å²) in [6.07, 6.45) is 1.22. The highest BCUT2D eigenvalue weighted by atomic mass is 32.2. The van der Waals surface area contributed by atoms with Gasteiger partial charge in [0.05, 0.1) is 5.75 Å². The van der Waals surface area contributed by atoms with Crippen molar-refractivity contribution in [3.05, 3.63) is 0 Å². The normalized spacial score (nSPS) is 24.8. The van der Waals surface area contributed by atoms with Gasteiger partial charge in [0.25, 0.3) is 5.91 Å². The van der Waals surface area contributed by atoms with Gasteiger partial charge in [-0.3, -0.25) is 14.9 Å². The maximum absolute atomic E-state index is 12.1. The van der Waals surface area contributed by atoms with Gasteiger partial charge >= 0.3 is 12.0 Å². The molecule has 0 bridgehead atoms. The highest BCUT2D eigenvalue weighted by molar-refractivity contribution is 8.14. The molecule has 2 N–H and O–H groups in total. The van der Waals surface area contributed by atoms with Gasteiger partial charge in [-0.05, 0) is 6.42 Å². The van der Waals surface area contributed by atoms with Crippen LogP contribution in [0.15, 0.2) is 4.99 Å². The van der Waals surface area contributed by atoms with Crippen LogP contribution in [0.5, 0.6) is 0 Å². The number of amides is 3. The summed E-state index contributed by atoms with van der Waals surface area (Å²) in [6.45, 7) is 2.64. The Kier molecular flexibility index (Phi) is 4.71. The van der Waals surface area contributed by atoms with E-state index in [1.54, 1.807) is 11.9 Å². The van der Waals surface area contributed by atoms with Crippen LogP contribution in [-0.2, 0) is 9.59 Å². The van der Waals surface area contributed by atoms with Crippen molar-refractivity contribution in [1.82, 2.24) is 15.1 Å². The van der Waals surface area contributed by atoms with Crippen molar-refractivity contribution in [3.63, 3.8) is 0 Å². The highest BCUT2D eigenvalue weighted by Gasteiger charge is 2.48. The zero-order valence-electron chi connectivity index (χ0n) is 11.9. The fourth-order valence-electron chi connectivity index (χ4n) is 2.31. The molecule has 2 unspecified atom stereocenters. The zero-order valence-corrected chi connectivity index (χ0v) is 12.7. The molecule has 3 amide bonds. The summed E-state index contributed by atoms with van der Waals surface area (Å²) in [7, 11) is 1.58. The summed E-state index contributed by atoms with van der Waals surface area (Å²) in [4.78, 5) is 42.0. The minimum absolute atomic E-state index is 0.125. The first-order valence-corrected chi connectivity index (χ1v) is 7.71. The fraction of sp³-hybridized carbons (Fsp3) is 0.667. The Morgan fingerprint density at radius 2 is 2.19 bits per heavy atom. The third kappa shape index (κ3) is 3.12. The first-order chi connectivity index (χ1) is 9.95. The third-order valence-corrected chi connectivity index (χ3v) is 4.39. The van der Waals surface area contributed by atoms with Crippen LogP contribution < -0.4 is 5.32 Å². The van der Waals surface area contributed by atoms with Gasteiger partial charge < -0.3 is 14.9 Å². The summed E-state index contributed by atoms with van der Waals surface area (Å²) >= 11 is 1.08. The van der Waals surface area contributed by atoms with E-state index >= 15 is 0 Å². The Bertz CT molecular complexity index is 496. The van der Waals surface area contributed by atoms with Crippen molar-refractivity contribution in [2.45, 2.75) is 32.0 Å². The molecule has 116 valence electrons. The van der Waals surface area contributed by atoms with Crippen molar-refractivity contribution < 1.29 is 19.5 Å². The van der Waals surface area contributed by atoms with E-state index in [-0.39, 0.29) is 11.7 Å². The number of aliphatic imine (C=N–C) groups is 1. The van der Waals surface area contributed by atoms with E-state index in [0.717, 1.165) is 24.6 Å². The number of imide groups is 1. The number of rotatable bonds is 5. The van der Waals surface area contributed by atoms with Crippen LogP contribution in [0.4, 0.5) is 4.79 Å². The summed E-state index contributed by atoms with van der Waals surface area (Å²) in [6, 6.07) is -1.06. The molecule has 2 aliphatic rings. The molecule has 0 aromatic heterocycles. The quantitative estimate of drug-likeness (QED) is 0.749. The molecular formula is C12H18N4O4S. The predicted molar refractivity (Wildman–Crippen MR) is 78.0 cm³/mol. The minimum Gasteiger partial charge on any atom is -0.481 e. The molecule has 8 nitrogen and oxygen atoms in total. The lowest BCUT2D eigenvalue weighted by Crippen LogP contribution is -2.63. The number of carboxylic acid groups (broad SMARTS) is 1. The summed E-state index contributed by atoms with van der Waals surface area (Å²) in [5, 5.41) is 11.6. The van der Waals surface area contributed by atoms with Crippen LogP contribution in [0.1, 0.15) is 19.8 Å². The SMILES string of the molecule is CCCCN1C(SCC(=O)O)=NC2C1C(=O)NC(=O)N2C. The average molecular weight is 314 g/mol. The second kappa shape index (κ2) is 6.33. The molecule has 9 heteroatoms. The standard InChI is InChI=1S/C12H18N4O4S/c1-3-4-5-16-8-9(13-12(16)21-6-7(17)18)15(2)11(20)14-10(8)19/h8-9H,3-6H2,1-2H3,(H,17,18)(H,14,19,20). The number of carbonyl (C=O) groups excluding carboxylic acids is 2. The number of carbonyl (C=O) groups is 3.